The molecule has 0 saturated heterocycles. The van der Waals surface area contributed by atoms with Crippen LogP contribution >= 0.6 is 0 Å². The van der Waals surface area contributed by atoms with Crippen LogP contribution in [-0.2, 0) is 9.53 Å². The summed E-state index contributed by atoms with van der Waals surface area (Å²) in [6, 6.07) is 15.7. The van der Waals surface area contributed by atoms with Crippen LogP contribution in [0.5, 0.6) is 5.75 Å². The maximum Gasteiger partial charge on any atom is 0.338 e. The zero-order valence-electron chi connectivity index (χ0n) is 15.9. The smallest absolute Gasteiger partial charge is 0.338 e. The highest BCUT2D eigenvalue weighted by molar-refractivity contribution is 5.98. The van der Waals surface area contributed by atoms with Gasteiger partial charge in [0.05, 0.1) is 24.0 Å². The number of nitrogens with one attached hydrogen (secondary N) is 1. The predicted octanol–water partition coefficient (Wildman–Crippen LogP) is 3.37. The molecule has 1 aromatic heterocycles. The van der Waals surface area contributed by atoms with E-state index in [2.05, 4.69) is 10.4 Å². The van der Waals surface area contributed by atoms with Crippen LogP contribution in [0.15, 0.2) is 60.8 Å². The summed E-state index contributed by atoms with van der Waals surface area (Å²) in [5.41, 5.74) is 2.68. The lowest BCUT2D eigenvalue weighted by molar-refractivity contribution is -0.123. The fraction of sp³-hybridized carbons (Fsp3) is 0.190. The van der Waals surface area contributed by atoms with E-state index < -0.39 is 18.0 Å². The van der Waals surface area contributed by atoms with E-state index in [0.717, 1.165) is 11.4 Å². The number of hydrogen-bond acceptors (Lipinski definition) is 5. The molecule has 1 N–H and O–H groups in total. The quantitative estimate of drug-likeness (QED) is 0.664. The second-order valence-electron chi connectivity index (χ2n) is 6.17. The first-order valence-corrected chi connectivity index (χ1v) is 8.75. The molecule has 1 amide bonds. The number of aryl methyl sites for hydroxylation is 1. The van der Waals surface area contributed by atoms with E-state index >= 15 is 0 Å². The number of nitrogens with zero attached hydrogens (tertiary/aromatic N) is 2. The lowest BCUT2D eigenvalue weighted by Gasteiger charge is -2.15. The number of rotatable bonds is 6. The largest absolute Gasteiger partial charge is 0.495 e. The summed E-state index contributed by atoms with van der Waals surface area (Å²) < 4.78 is 12.2. The molecule has 0 unspecified atom stereocenters. The molecule has 0 bridgehead atoms. The highest BCUT2D eigenvalue weighted by Gasteiger charge is 2.20. The van der Waals surface area contributed by atoms with Gasteiger partial charge in [0, 0.05) is 11.9 Å². The van der Waals surface area contributed by atoms with Crippen molar-refractivity contribution in [3.8, 4) is 11.4 Å². The summed E-state index contributed by atoms with van der Waals surface area (Å²) in [4.78, 5) is 24.7. The molecular formula is C21H21N3O4. The number of para-hydroxylation sites is 2. The molecule has 2 aromatic carbocycles. The number of anilines is 1. The van der Waals surface area contributed by atoms with Crippen molar-refractivity contribution >= 4 is 17.6 Å². The first kappa shape index (κ1) is 19.2. The van der Waals surface area contributed by atoms with Gasteiger partial charge in [-0.2, -0.15) is 5.10 Å². The van der Waals surface area contributed by atoms with Gasteiger partial charge in [0.1, 0.15) is 5.75 Å². The second kappa shape index (κ2) is 8.39. The van der Waals surface area contributed by atoms with E-state index in [1.807, 2.05) is 13.0 Å². The van der Waals surface area contributed by atoms with E-state index in [4.69, 9.17) is 9.47 Å². The van der Waals surface area contributed by atoms with Gasteiger partial charge in [0.2, 0.25) is 0 Å². The van der Waals surface area contributed by atoms with Gasteiger partial charge in [-0.15, -0.1) is 0 Å². The van der Waals surface area contributed by atoms with Crippen molar-refractivity contribution in [2.45, 2.75) is 20.0 Å². The molecule has 1 heterocycles. The van der Waals surface area contributed by atoms with E-state index in [1.165, 1.54) is 14.0 Å². The first-order chi connectivity index (χ1) is 13.5. The number of carbonyl (C=O) groups is 2. The Morgan fingerprint density at radius 1 is 1.07 bits per heavy atom. The Hall–Kier alpha value is -3.61. The van der Waals surface area contributed by atoms with Crippen molar-refractivity contribution < 1.29 is 19.1 Å². The average Bonchev–Trinajstić information content (AvgIpc) is 3.14. The third-order valence-electron chi connectivity index (χ3n) is 4.20. The minimum atomic E-state index is -0.967. The molecule has 7 heteroatoms. The number of hydrogen-bond donors (Lipinski definition) is 1. The number of methoxy groups -OCH3 is 1. The minimum absolute atomic E-state index is 0.352. The Balaban J connectivity index is 1.63. The van der Waals surface area contributed by atoms with Crippen molar-refractivity contribution in [3.05, 3.63) is 72.1 Å². The molecule has 3 aromatic rings. The van der Waals surface area contributed by atoms with Crippen molar-refractivity contribution in [2.24, 2.45) is 0 Å². The highest BCUT2D eigenvalue weighted by atomic mass is 16.5. The van der Waals surface area contributed by atoms with Crippen LogP contribution in [0.4, 0.5) is 5.69 Å². The summed E-state index contributed by atoms with van der Waals surface area (Å²) in [5.74, 6) is -0.494. The van der Waals surface area contributed by atoms with Gasteiger partial charge in [-0.3, -0.25) is 4.79 Å². The summed E-state index contributed by atoms with van der Waals surface area (Å²) in [5, 5.41) is 6.92. The van der Waals surface area contributed by atoms with Crippen molar-refractivity contribution in [3.63, 3.8) is 0 Å². The summed E-state index contributed by atoms with van der Waals surface area (Å²) in [6.45, 7) is 3.46. The van der Waals surface area contributed by atoms with Crippen LogP contribution < -0.4 is 10.1 Å². The molecule has 1 atom stereocenters. The van der Waals surface area contributed by atoms with Gasteiger partial charge >= 0.3 is 5.97 Å². The fourth-order valence-electron chi connectivity index (χ4n) is 2.64. The Morgan fingerprint density at radius 2 is 1.79 bits per heavy atom. The number of carbonyl (C=O) groups excluding carboxylic acids is 2. The molecule has 0 spiro atoms. The normalized spacial score (nSPS) is 11.5. The molecule has 28 heavy (non-hydrogen) atoms. The number of amides is 1. The molecule has 0 radical (unpaired) electrons. The molecule has 0 aliphatic carbocycles. The van der Waals surface area contributed by atoms with Crippen LogP contribution in [0.25, 0.3) is 5.69 Å². The molecule has 0 aliphatic rings. The van der Waals surface area contributed by atoms with Crippen LogP contribution in [0.1, 0.15) is 23.0 Å². The van der Waals surface area contributed by atoms with Gasteiger partial charge in [-0.05, 0) is 56.3 Å². The molecule has 144 valence electrons. The van der Waals surface area contributed by atoms with Crippen LogP contribution in [0.3, 0.4) is 0 Å². The molecule has 7 nitrogen and oxygen atoms in total. The zero-order valence-corrected chi connectivity index (χ0v) is 15.9. The summed E-state index contributed by atoms with van der Waals surface area (Å²) in [6.07, 6.45) is 0.741. The predicted molar refractivity (Wildman–Crippen MR) is 105 cm³/mol. The van der Waals surface area contributed by atoms with E-state index in [9.17, 15) is 9.59 Å². The number of esters is 1. The highest BCUT2D eigenvalue weighted by Crippen LogP contribution is 2.23. The third-order valence-corrected chi connectivity index (χ3v) is 4.20. The lowest BCUT2D eigenvalue weighted by atomic mass is 10.2. The maximum absolute atomic E-state index is 12.4. The van der Waals surface area contributed by atoms with Gasteiger partial charge in [-0.1, -0.05) is 12.1 Å². The average molecular weight is 379 g/mol. The van der Waals surface area contributed by atoms with Crippen LogP contribution in [0, 0.1) is 6.92 Å². The van der Waals surface area contributed by atoms with Crippen molar-refractivity contribution in [1.29, 1.82) is 0 Å². The molecule has 0 saturated carbocycles. The van der Waals surface area contributed by atoms with Gasteiger partial charge in [0.15, 0.2) is 6.10 Å². The third kappa shape index (κ3) is 4.20. The first-order valence-electron chi connectivity index (χ1n) is 8.75. The Kier molecular flexibility index (Phi) is 5.74. The van der Waals surface area contributed by atoms with Crippen LogP contribution in [-0.4, -0.2) is 34.9 Å². The molecular weight excluding hydrogens is 358 g/mol. The van der Waals surface area contributed by atoms with E-state index in [0.29, 0.717) is 17.0 Å². The summed E-state index contributed by atoms with van der Waals surface area (Å²) in [7, 11) is 1.52. The second-order valence-corrected chi connectivity index (χ2v) is 6.17. The molecule has 0 fully saturated rings. The number of ether oxygens (including phenoxy) is 2. The van der Waals surface area contributed by atoms with E-state index in [-0.39, 0.29) is 0 Å². The lowest BCUT2D eigenvalue weighted by Crippen LogP contribution is -2.30. The van der Waals surface area contributed by atoms with Gasteiger partial charge < -0.3 is 14.8 Å². The van der Waals surface area contributed by atoms with E-state index in [1.54, 1.807) is 59.4 Å². The molecule has 0 aliphatic heterocycles. The Morgan fingerprint density at radius 3 is 2.43 bits per heavy atom. The molecule has 3 rings (SSSR count). The topological polar surface area (TPSA) is 82.5 Å². The standard InChI is InChI=1S/C21H21N3O4/c1-14-12-13-22-24(14)17-10-8-16(9-11-17)21(26)28-15(2)20(25)23-18-6-4-5-7-19(18)27-3/h4-13,15H,1-3H3,(H,23,25)/t15-/m1/s1. The summed E-state index contributed by atoms with van der Waals surface area (Å²) >= 11 is 0. The fourth-order valence-corrected chi connectivity index (χ4v) is 2.64. The van der Waals surface area contributed by atoms with Gasteiger partial charge in [-0.25, -0.2) is 9.48 Å². The van der Waals surface area contributed by atoms with Crippen molar-refractivity contribution in [1.82, 2.24) is 9.78 Å². The maximum atomic E-state index is 12.4. The minimum Gasteiger partial charge on any atom is -0.495 e. The van der Waals surface area contributed by atoms with Gasteiger partial charge in [0.25, 0.3) is 5.91 Å². The monoisotopic (exact) mass is 379 g/mol. The number of benzene rings is 2. The Bertz CT molecular complexity index is 979. The Labute approximate surface area is 162 Å². The van der Waals surface area contributed by atoms with Crippen molar-refractivity contribution in [2.75, 3.05) is 12.4 Å². The number of aromatic nitrogens is 2. The SMILES string of the molecule is COc1ccccc1NC(=O)[C@@H](C)OC(=O)c1ccc(-n2nccc2C)cc1. The zero-order chi connectivity index (χ0) is 20.1. The van der Waals surface area contributed by atoms with Crippen LogP contribution in [0.2, 0.25) is 0 Å².